The van der Waals surface area contributed by atoms with E-state index in [4.69, 9.17) is 0 Å². The molecule has 2 aromatic rings. The zero-order valence-corrected chi connectivity index (χ0v) is 16.3. The molecule has 140 valence electrons. The van der Waals surface area contributed by atoms with Gasteiger partial charge < -0.3 is 10.0 Å². The second-order valence-corrected chi connectivity index (χ2v) is 8.34. The fourth-order valence-electron chi connectivity index (χ4n) is 4.10. The molecule has 1 N–H and O–H groups in total. The zero-order chi connectivity index (χ0) is 18.6. The van der Waals surface area contributed by atoms with E-state index in [9.17, 15) is 9.90 Å². The lowest BCUT2D eigenvalue weighted by atomic mass is 9.93. The van der Waals surface area contributed by atoms with Gasteiger partial charge in [0.25, 0.3) is 0 Å². The first-order valence-corrected chi connectivity index (χ1v) is 10.7. The standard InChI is InChI=1S/C23H25NO2S/c25-23(26)17-8-5-13-24(15-17)14-6-11-20-19-9-2-1-7-18(19)16-27-22-12-4-3-10-21(20)22/h1-4,7,9-12,17H,5-6,8,13-16H2,(H,25,26)/b20-11+/t17-/m1/s1. The van der Waals surface area contributed by atoms with Gasteiger partial charge in [-0.25, -0.2) is 0 Å². The number of fused-ring (bicyclic) bond motifs is 2. The van der Waals surface area contributed by atoms with Crippen molar-refractivity contribution in [2.75, 3.05) is 19.6 Å². The number of aliphatic carboxylic acids is 1. The third-order valence-corrected chi connectivity index (χ3v) is 6.64. The molecule has 0 radical (unpaired) electrons. The lowest BCUT2D eigenvalue weighted by molar-refractivity contribution is -0.143. The molecule has 4 heteroatoms. The van der Waals surface area contributed by atoms with E-state index in [0.29, 0.717) is 6.54 Å². The number of carbonyl (C=O) groups is 1. The van der Waals surface area contributed by atoms with Gasteiger partial charge in [-0.3, -0.25) is 4.79 Å². The van der Waals surface area contributed by atoms with Crippen LogP contribution in [0.2, 0.25) is 0 Å². The van der Waals surface area contributed by atoms with E-state index in [1.54, 1.807) is 0 Å². The smallest absolute Gasteiger partial charge is 0.307 e. The second kappa shape index (κ2) is 8.32. The average Bonchev–Trinajstić information content (AvgIpc) is 2.86. The van der Waals surface area contributed by atoms with Gasteiger partial charge in [0.15, 0.2) is 0 Å². The van der Waals surface area contributed by atoms with Crippen molar-refractivity contribution in [2.24, 2.45) is 5.92 Å². The van der Waals surface area contributed by atoms with Gasteiger partial charge in [0.05, 0.1) is 5.92 Å². The van der Waals surface area contributed by atoms with Crippen molar-refractivity contribution in [1.29, 1.82) is 0 Å². The quantitative estimate of drug-likeness (QED) is 0.819. The molecule has 1 fully saturated rings. The van der Waals surface area contributed by atoms with E-state index >= 15 is 0 Å². The Hall–Kier alpha value is -2.04. The molecule has 2 aromatic carbocycles. The van der Waals surface area contributed by atoms with Crippen LogP contribution in [0, 0.1) is 5.92 Å². The van der Waals surface area contributed by atoms with Crippen molar-refractivity contribution in [3.63, 3.8) is 0 Å². The number of hydrogen-bond donors (Lipinski definition) is 1. The number of carboxylic acids is 1. The van der Waals surface area contributed by atoms with Crippen LogP contribution in [0.3, 0.4) is 0 Å². The average molecular weight is 380 g/mol. The summed E-state index contributed by atoms with van der Waals surface area (Å²) in [5.74, 6) is 0.139. The predicted molar refractivity (Wildman–Crippen MR) is 111 cm³/mol. The second-order valence-electron chi connectivity index (χ2n) is 7.33. The third-order valence-electron chi connectivity index (χ3n) is 5.52. The van der Waals surface area contributed by atoms with E-state index in [2.05, 4.69) is 59.5 Å². The van der Waals surface area contributed by atoms with E-state index in [-0.39, 0.29) is 5.92 Å². The lowest BCUT2D eigenvalue weighted by Crippen LogP contribution is -2.39. The summed E-state index contributed by atoms with van der Waals surface area (Å²) in [5.41, 5.74) is 5.35. The first-order valence-electron chi connectivity index (χ1n) is 9.68. The van der Waals surface area contributed by atoms with Crippen LogP contribution in [-0.2, 0) is 10.5 Å². The van der Waals surface area contributed by atoms with E-state index in [1.807, 2.05) is 11.8 Å². The van der Waals surface area contributed by atoms with Crippen LogP contribution in [-0.4, -0.2) is 35.6 Å². The summed E-state index contributed by atoms with van der Waals surface area (Å²) >= 11 is 1.90. The minimum atomic E-state index is -0.651. The van der Waals surface area contributed by atoms with Gasteiger partial charge in [0.1, 0.15) is 0 Å². The van der Waals surface area contributed by atoms with E-state index in [0.717, 1.165) is 38.1 Å². The van der Waals surface area contributed by atoms with E-state index < -0.39 is 5.97 Å². The highest BCUT2D eigenvalue weighted by atomic mass is 32.2. The molecule has 0 aliphatic carbocycles. The van der Waals surface area contributed by atoms with Crippen molar-refractivity contribution in [1.82, 2.24) is 4.90 Å². The summed E-state index contributed by atoms with van der Waals surface area (Å²) < 4.78 is 0. The van der Waals surface area contributed by atoms with Gasteiger partial charge in [-0.1, -0.05) is 48.5 Å². The molecule has 0 spiro atoms. The Bertz CT molecular complexity index is 811. The lowest BCUT2D eigenvalue weighted by Gasteiger charge is -2.30. The molecule has 4 rings (SSSR count). The predicted octanol–water partition coefficient (Wildman–Crippen LogP) is 4.91. The summed E-state index contributed by atoms with van der Waals surface area (Å²) in [6.07, 6.45) is 5.09. The number of carboxylic acid groups (broad SMARTS) is 1. The van der Waals surface area contributed by atoms with Crippen molar-refractivity contribution in [3.8, 4) is 0 Å². The molecule has 1 saturated heterocycles. The van der Waals surface area contributed by atoms with Crippen molar-refractivity contribution in [3.05, 3.63) is 71.3 Å². The number of rotatable bonds is 4. The third kappa shape index (κ3) is 4.12. The zero-order valence-electron chi connectivity index (χ0n) is 15.4. The Labute approximate surface area is 165 Å². The number of piperidine rings is 1. The SMILES string of the molecule is O=C(O)[C@@H]1CCCN(CC/C=C2\c3ccccc3CSc3ccccc32)C1. The van der Waals surface area contributed by atoms with Crippen LogP contribution in [0.5, 0.6) is 0 Å². The molecule has 2 aliphatic rings. The number of nitrogens with zero attached hydrogens (tertiary/aromatic N) is 1. The molecule has 0 saturated carbocycles. The molecule has 0 unspecified atom stereocenters. The summed E-state index contributed by atoms with van der Waals surface area (Å²) in [6.45, 7) is 2.61. The fourth-order valence-corrected chi connectivity index (χ4v) is 5.17. The highest BCUT2D eigenvalue weighted by molar-refractivity contribution is 7.98. The maximum Gasteiger partial charge on any atom is 0.307 e. The van der Waals surface area contributed by atoms with Crippen molar-refractivity contribution in [2.45, 2.75) is 29.9 Å². The number of likely N-dealkylation sites (tertiary alicyclic amines) is 1. The Balaban J connectivity index is 1.56. The molecular weight excluding hydrogens is 354 g/mol. The summed E-state index contributed by atoms with van der Waals surface area (Å²) in [6, 6.07) is 17.3. The van der Waals surface area contributed by atoms with Gasteiger partial charge in [0, 0.05) is 23.7 Å². The van der Waals surface area contributed by atoms with Crippen LogP contribution in [0.15, 0.2) is 59.5 Å². The number of hydrogen-bond acceptors (Lipinski definition) is 3. The number of benzene rings is 2. The highest BCUT2D eigenvalue weighted by Crippen LogP contribution is 2.40. The molecule has 1 atom stereocenters. The molecular formula is C23H25NO2S. The molecule has 0 aromatic heterocycles. The minimum absolute atomic E-state index is 0.206. The van der Waals surface area contributed by atoms with Crippen LogP contribution in [0.4, 0.5) is 0 Å². The van der Waals surface area contributed by atoms with Gasteiger partial charge in [0.2, 0.25) is 0 Å². The Morgan fingerprint density at radius 2 is 1.93 bits per heavy atom. The summed E-state index contributed by atoms with van der Waals surface area (Å²) in [7, 11) is 0. The molecule has 0 amide bonds. The van der Waals surface area contributed by atoms with E-state index in [1.165, 1.54) is 27.2 Å². The number of thioether (sulfide) groups is 1. The van der Waals surface area contributed by atoms with Crippen LogP contribution < -0.4 is 0 Å². The molecule has 0 bridgehead atoms. The molecule has 2 heterocycles. The normalized spacial score (nSPS) is 21.3. The van der Waals surface area contributed by atoms with Crippen molar-refractivity contribution < 1.29 is 9.90 Å². The summed E-state index contributed by atoms with van der Waals surface area (Å²) in [5, 5.41) is 9.29. The first kappa shape index (κ1) is 18.3. The van der Waals surface area contributed by atoms with Crippen LogP contribution in [0.1, 0.15) is 36.0 Å². The Kier molecular flexibility index (Phi) is 5.65. The maximum atomic E-state index is 11.3. The summed E-state index contributed by atoms with van der Waals surface area (Å²) in [4.78, 5) is 14.9. The van der Waals surface area contributed by atoms with Gasteiger partial charge in [-0.2, -0.15) is 0 Å². The van der Waals surface area contributed by atoms with Gasteiger partial charge in [-0.05, 0) is 54.1 Å². The largest absolute Gasteiger partial charge is 0.481 e. The first-order chi connectivity index (χ1) is 13.2. The fraction of sp³-hybridized carbons (Fsp3) is 0.348. The minimum Gasteiger partial charge on any atom is -0.481 e. The topological polar surface area (TPSA) is 40.5 Å². The molecule has 3 nitrogen and oxygen atoms in total. The monoisotopic (exact) mass is 379 g/mol. The molecule has 27 heavy (non-hydrogen) atoms. The molecule has 2 aliphatic heterocycles. The highest BCUT2D eigenvalue weighted by Gasteiger charge is 2.25. The Morgan fingerprint density at radius 1 is 1.15 bits per heavy atom. The van der Waals surface area contributed by atoms with Gasteiger partial charge in [-0.15, -0.1) is 11.8 Å². The van der Waals surface area contributed by atoms with Gasteiger partial charge >= 0.3 is 5.97 Å². The van der Waals surface area contributed by atoms with Crippen LogP contribution >= 0.6 is 11.8 Å². The maximum absolute atomic E-state index is 11.3. The van der Waals surface area contributed by atoms with Crippen LogP contribution in [0.25, 0.3) is 5.57 Å². The Morgan fingerprint density at radius 3 is 2.78 bits per heavy atom. The van der Waals surface area contributed by atoms with Crippen molar-refractivity contribution >= 4 is 23.3 Å².